The second-order valence-electron chi connectivity index (χ2n) is 10.2. The van der Waals surface area contributed by atoms with Crippen molar-refractivity contribution >= 4 is 29.8 Å². The molecule has 0 bridgehead atoms. The number of carbonyl (C=O) groups is 3. The summed E-state index contributed by atoms with van der Waals surface area (Å²) < 4.78 is 17.0. The van der Waals surface area contributed by atoms with Crippen LogP contribution in [0.2, 0.25) is 0 Å². The standard InChI is InChI=1S/C27H29NO11.ClH/c1-10-22(31)13(28)6-17(38-10)39-15-8-27(36,16(30)9-29)7-12-19(15)26(35)21-20(24(12)33)23(32)11-4-3-5-14(37-2)18(11)25(21)34;/h3-5,10,13,15,17,22,29,31,33,35-36H,6-9,28H2,1-2H3;1H/t10-,13-,15+,17-,22-,27+;/m0./s1. The van der Waals surface area contributed by atoms with Crippen LogP contribution in [0.4, 0.5) is 0 Å². The summed E-state index contributed by atoms with van der Waals surface area (Å²) in [6.45, 7) is 0.560. The van der Waals surface area contributed by atoms with Crippen molar-refractivity contribution in [2.24, 2.45) is 5.73 Å². The third-order valence-electron chi connectivity index (χ3n) is 7.81. The summed E-state index contributed by atoms with van der Waals surface area (Å²) in [7, 11) is 1.32. The van der Waals surface area contributed by atoms with Crippen LogP contribution in [-0.2, 0) is 20.7 Å². The number of aromatic hydroxyl groups is 2. The molecule has 216 valence electrons. The van der Waals surface area contributed by atoms with Gasteiger partial charge in [0.2, 0.25) is 5.78 Å². The average Bonchev–Trinajstić information content (AvgIpc) is 2.90. The minimum absolute atomic E-state index is 0. The topological polar surface area (TPSA) is 206 Å². The molecular formula is C27H30ClNO11. The van der Waals surface area contributed by atoms with Gasteiger partial charge in [-0.3, -0.25) is 14.4 Å². The molecule has 0 amide bonds. The Hall–Kier alpha value is -3.10. The van der Waals surface area contributed by atoms with Crippen LogP contribution in [0, 0.1) is 0 Å². The van der Waals surface area contributed by atoms with Gasteiger partial charge in [-0.2, -0.15) is 0 Å². The Morgan fingerprint density at radius 2 is 1.82 bits per heavy atom. The summed E-state index contributed by atoms with van der Waals surface area (Å²) >= 11 is 0. The number of fused-ring (bicyclic) bond motifs is 3. The molecule has 0 radical (unpaired) electrons. The molecule has 2 aliphatic carbocycles. The summed E-state index contributed by atoms with van der Waals surface area (Å²) in [6, 6.07) is 3.64. The van der Waals surface area contributed by atoms with Gasteiger partial charge in [0.05, 0.1) is 42.1 Å². The van der Waals surface area contributed by atoms with E-state index in [9.17, 15) is 39.9 Å². The van der Waals surface area contributed by atoms with Crippen molar-refractivity contribution in [2.75, 3.05) is 13.7 Å². The van der Waals surface area contributed by atoms with E-state index in [1.165, 1.54) is 25.3 Å². The molecule has 40 heavy (non-hydrogen) atoms. The van der Waals surface area contributed by atoms with Crippen molar-refractivity contribution in [1.29, 1.82) is 0 Å². The van der Waals surface area contributed by atoms with Gasteiger partial charge in [-0.15, -0.1) is 12.4 Å². The number of aliphatic hydroxyl groups excluding tert-OH is 2. The number of carbonyl (C=O) groups excluding carboxylic acids is 3. The fourth-order valence-electron chi connectivity index (χ4n) is 5.75. The van der Waals surface area contributed by atoms with Crippen LogP contribution < -0.4 is 10.5 Å². The van der Waals surface area contributed by atoms with E-state index in [2.05, 4.69) is 0 Å². The minimum Gasteiger partial charge on any atom is -0.507 e. The zero-order valence-corrected chi connectivity index (χ0v) is 22.4. The Bertz CT molecular complexity index is 1380. The largest absolute Gasteiger partial charge is 0.507 e. The van der Waals surface area contributed by atoms with E-state index in [0.717, 1.165) is 0 Å². The van der Waals surface area contributed by atoms with Crippen LogP contribution in [0.15, 0.2) is 18.2 Å². The van der Waals surface area contributed by atoms with E-state index in [0.29, 0.717) is 0 Å². The lowest BCUT2D eigenvalue weighted by molar-refractivity contribution is -0.247. The number of halogens is 1. The van der Waals surface area contributed by atoms with Gasteiger partial charge < -0.3 is 45.5 Å². The second kappa shape index (κ2) is 10.7. The molecule has 2 aromatic carbocycles. The number of Topliss-reactive ketones (excluding diaryl/α,β-unsaturated/α-hetero) is 1. The van der Waals surface area contributed by atoms with Gasteiger partial charge in [-0.05, 0) is 13.0 Å². The molecule has 13 heteroatoms. The molecule has 6 atom stereocenters. The summed E-state index contributed by atoms with van der Waals surface area (Å²) in [4.78, 5) is 39.7. The van der Waals surface area contributed by atoms with Gasteiger partial charge in [0.25, 0.3) is 0 Å². The third-order valence-corrected chi connectivity index (χ3v) is 7.81. The van der Waals surface area contributed by atoms with Gasteiger partial charge in [-0.25, -0.2) is 0 Å². The number of hydrogen-bond acceptors (Lipinski definition) is 12. The molecule has 7 N–H and O–H groups in total. The van der Waals surface area contributed by atoms with E-state index in [1.54, 1.807) is 6.92 Å². The number of phenols is 2. The van der Waals surface area contributed by atoms with Crippen LogP contribution in [0.3, 0.4) is 0 Å². The van der Waals surface area contributed by atoms with Crippen LogP contribution >= 0.6 is 12.4 Å². The maximum absolute atomic E-state index is 13.6. The molecule has 5 rings (SSSR count). The van der Waals surface area contributed by atoms with Gasteiger partial charge in [0.1, 0.15) is 29.5 Å². The van der Waals surface area contributed by atoms with E-state index >= 15 is 0 Å². The van der Waals surface area contributed by atoms with E-state index in [4.69, 9.17) is 19.9 Å². The molecule has 1 saturated heterocycles. The van der Waals surface area contributed by atoms with Crippen LogP contribution in [-0.4, -0.2) is 86.7 Å². The number of benzene rings is 2. The number of nitrogens with two attached hydrogens (primary N) is 1. The zero-order valence-electron chi connectivity index (χ0n) is 21.6. The first-order valence-electron chi connectivity index (χ1n) is 12.4. The first-order valence-corrected chi connectivity index (χ1v) is 12.4. The zero-order chi connectivity index (χ0) is 28.4. The maximum atomic E-state index is 13.6. The van der Waals surface area contributed by atoms with E-state index < -0.39 is 95.7 Å². The number of ketones is 3. The summed E-state index contributed by atoms with van der Waals surface area (Å²) in [5, 5.41) is 53.7. The van der Waals surface area contributed by atoms with Crippen molar-refractivity contribution < 1.29 is 54.1 Å². The smallest absolute Gasteiger partial charge is 0.202 e. The minimum atomic E-state index is -2.24. The number of aliphatic hydroxyl groups is 3. The highest BCUT2D eigenvalue weighted by molar-refractivity contribution is 6.31. The maximum Gasteiger partial charge on any atom is 0.202 e. The average molecular weight is 580 g/mol. The first kappa shape index (κ1) is 29.9. The molecule has 12 nitrogen and oxygen atoms in total. The normalized spacial score (nSPS) is 29.1. The molecule has 2 aromatic rings. The molecule has 1 heterocycles. The van der Waals surface area contributed by atoms with Crippen molar-refractivity contribution in [2.45, 2.75) is 62.4 Å². The van der Waals surface area contributed by atoms with Gasteiger partial charge >= 0.3 is 0 Å². The van der Waals surface area contributed by atoms with Crippen molar-refractivity contribution in [3.63, 3.8) is 0 Å². The molecule has 0 saturated carbocycles. The van der Waals surface area contributed by atoms with Crippen LogP contribution in [0.1, 0.15) is 68.8 Å². The highest BCUT2D eigenvalue weighted by atomic mass is 35.5. The summed E-state index contributed by atoms with van der Waals surface area (Å²) in [5.74, 6) is -3.77. The van der Waals surface area contributed by atoms with E-state index in [-0.39, 0.29) is 46.8 Å². The monoisotopic (exact) mass is 579 g/mol. The lowest BCUT2D eigenvalue weighted by Gasteiger charge is -2.42. The number of phenolic OH excluding ortho intramolecular Hbond substituents is 2. The summed E-state index contributed by atoms with van der Waals surface area (Å²) in [5.41, 5.74) is 2.37. The van der Waals surface area contributed by atoms with Gasteiger partial charge in [0, 0.05) is 42.0 Å². The van der Waals surface area contributed by atoms with Crippen molar-refractivity contribution in [1.82, 2.24) is 0 Å². The third kappa shape index (κ3) is 4.45. The van der Waals surface area contributed by atoms with Crippen LogP contribution in [0.25, 0.3) is 0 Å². The fourth-order valence-corrected chi connectivity index (χ4v) is 5.75. The fraction of sp³-hybridized carbons (Fsp3) is 0.444. The predicted molar refractivity (Wildman–Crippen MR) is 139 cm³/mol. The van der Waals surface area contributed by atoms with Gasteiger partial charge in [-0.1, -0.05) is 12.1 Å². The molecule has 0 spiro atoms. The summed E-state index contributed by atoms with van der Waals surface area (Å²) in [6.07, 6.45) is -5.12. The highest BCUT2D eigenvalue weighted by Gasteiger charge is 2.50. The molecular weight excluding hydrogens is 550 g/mol. The lowest BCUT2D eigenvalue weighted by atomic mass is 9.72. The Balaban J connectivity index is 0.00000370. The quantitative estimate of drug-likeness (QED) is 0.227. The highest BCUT2D eigenvalue weighted by Crippen LogP contribution is 2.52. The van der Waals surface area contributed by atoms with E-state index in [1.807, 2.05) is 0 Å². The first-order chi connectivity index (χ1) is 18.4. The van der Waals surface area contributed by atoms with Crippen molar-refractivity contribution in [3.8, 4) is 17.2 Å². The number of rotatable bonds is 5. The van der Waals surface area contributed by atoms with Crippen molar-refractivity contribution in [3.05, 3.63) is 51.6 Å². The molecule has 3 aliphatic rings. The number of ether oxygens (including phenoxy) is 3. The molecule has 1 aliphatic heterocycles. The van der Waals surface area contributed by atoms with Gasteiger partial charge in [0.15, 0.2) is 17.9 Å². The Morgan fingerprint density at radius 3 is 2.45 bits per heavy atom. The SMILES string of the molecule is COc1cccc2c1C(=O)c1c(O)c3c(c(O)c1C2=O)C[C@](O)(C(=O)CO)C[C@H]3O[C@H]1C[C@H](N)[C@@H](O)[C@H](C)O1.Cl. The van der Waals surface area contributed by atoms with Crippen LogP contribution in [0.5, 0.6) is 17.2 Å². The molecule has 1 fully saturated rings. The lowest BCUT2D eigenvalue weighted by Crippen LogP contribution is -2.53. The second-order valence-corrected chi connectivity index (χ2v) is 10.2. The predicted octanol–water partition coefficient (Wildman–Crippen LogP) is 0.423. The molecule has 0 unspecified atom stereocenters. The Morgan fingerprint density at radius 1 is 1.15 bits per heavy atom. The Kier molecular flexibility index (Phi) is 8.00. The number of hydrogen-bond donors (Lipinski definition) is 6. The number of methoxy groups -OCH3 is 1. The molecule has 0 aromatic heterocycles. The Labute approximate surface area is 234 Å².